The Bertz CT molecular complexity index is 586. The van der Waals surface area contributed by atoms with E-state index in [4.69, 9.17) is 5.11 Å². The minimum absolute atomic E-state index is 0.0202. The van der Waals surface area contributed by atoms with Crippen molar-refractivity contribution in [3.63, 3.8) is 0 Å². The lowest BCUT2D eigenvalue weighted by Crippen LogP contribution is -2.29. The van der Waals surface area contributed by atoms with Gasteiger partial charge in [0.05, 0.1) is 11.3 Å². The molecule has 1 aromatic heterocycles. The van der Waals surface area contributed by atoms with Crippen LogP contribution in [0.5, 0.6) is 0 Å². The zero-order valence-electron chi connectivity index (χ0n) is 10.4. The number of likely N-dealkylation sites (tertiary alicyclic amines) is 1. The van der Waals surface area contributed by atoms with Crippen molar-refractivity contribution in [3.05, 3.63) is 34.7 Å². The van der Waals surface area contributed by atoms with Crippen LogP contribution in [0.1, 0.15) is 34.5 Å². The van der Waals surface area contributed by atoms with Crippen LogP contribution >= 0.6 is 0 Å². The molecule has 3 rings (SSSR count). The molecular weight excluding hydrogens is 244 g/mol. The molecule has 2 aliphatic rings. The third-order valence-corrected chi connectivity index (χ3v) is 3.67. The fraction of sp³-hybridized carbons (Fsp3) is 0.357. The molecule has 1 aliphatic carbocycles. The molecule has 1 aromatic rings. The first-order valence-electron chi connectivity index (χ1n) is 6.38. The number of fused-ring (bicyclic) bond motifs is 1. The average molecular weight is 258 g/mol. The molecule has 0 radical (unpaired) electrons. The summed E-state index contributed by atoms with van der Waals surface area (Å²) in [7, 11) is 0. The van der Waals surface area contributed by atoms with E-state index < -0.39 is 5.97 Å². The first kappa shape index (κ1) is 11.9. The third kappa shape index (κ3) is 2.01. The van der Waals surface area contributed by atoms with Gasteiger partial charge in [0, 0.05) is 31.3 Å². The zero-order chi connectivity index (χ0) is 13.4. The molecule has 5 nitrogen and oxygen atoms in total. The number of amides is 1. The number of aromatic carboxylic acids is 1. The van der Waals surface area contributed by atoms with E-state index >= 15 is 0 Å². The summed E-state index contributed by atoms with van der Waals surface area (Å²) in [6, 6.07) is 1.48. The van der Waals surface area contributed by atoms with Crippen LogP contribution in [0.15, 0.2) is 17.8 Å². The summed E-state index contributed by atoms with van der Waals surface area (Å²) in [4.78, 5) is 29.4. The number of nitrogens with zero attached hydrogens (tertiary/aromatic N) is 2. The van der Waals surface area contributed by atoms with Crippen LogP contribution in [0.3, 0.4) is 0 Å². The Morgan fingerprint density at radius 3 is 2.68 bits per heavy atom. The maximum atomic E-state index is 12.3. The first-order chi connectivity index (χ1) is 9.16. The molecule has 1 amide bonds. The fourth-order valence-corrected chi connectivity index (χ4v) is 2.69. The van der Waals surface area contributed by atoms with Crippen molar-refractivity contribution in [1.82, 2.24) is 9.88 Å². The Morgan fingerprint density at radius 1 is 1.26 bits per heavy atom. The minimum atomic E-state index is -0.970. The van der Waals surface area contributed by atoms with Gasteiger partial charge in [-0.2, -0.15) is 0 Å². The molecular formula is C14H14N2O3. The van der Waals surface area contributed by atoms with Crippen LogP contribution in [0.4, 0.5) is 0 Å². The quantitative estimate of drug-likeness (QED) is 0.869. The highest BCUT2D eigenvalue weighted by molar-refractivity contribution is 6.02. The second kappa shape index (κ2) is 4.50. The summed E-state index contributed by atoms with van der Waals surface area (Å²) in [5.74, 6) is -0.950. The van der Waals surface area contributed by atoms with Crippen LogP contribution in [-0.2, 0) is 11.2 Å². The minimum Gasteiger partial charge on any atom is -0.478 e. The van der Waals surface area contributed by atoms with Gasteiger partial charge < -0.3 is 10.0 Å². The summed E-state index contributed by atoms with van der Waals surface area (Å²) in [5.41, 5.74) is 2.16. The summed E-state index contributed by atoms with van der Waals surface area (Å²) < 4.78 is 0. The van der Waals surface area contributed by atoms with Gasteiger partial charge in [-0.15, -0.1) is 0 Å². The summed E-state index contributed by atoms with van der Waals surface area (Å²) >= 11 is 0. The second-order valence-corrected chi connectivity index (χ2v) is 4.87. The monoisotopic (exact) mass is 258 g/mol. The lowest BCUT2D eigenvalue weighted by atomic mass is 10.1. The molecule has 1 fully saturated rings. The first-order valence-corrected chi connectivity index (χ1v) is 6.38. The number of carboxylic acids is 1. The number of hydrogen-bond acceptors (Lipinski definition) is 3. The Morgan fingerprint density at radius 2 is 2.00 bits per heavy atom. The van der Waals surface area contributed by atoms with E-state index in [-0.39, 0.29) is 11.5 Å². The Hall–Kier alpha value is -2.17. The number of carbonyl (C=O) groups excluding carboxylic acids is 1. The van der Waals surface area contributed by atoms with E-state index in [0.717, 1.165) is 25.9 Å². The topological polar surface area (TPSA) is 70.5 Å². The average Bonchev–Trinajstić information content (AvgIpc) is 3.06. The van der Waals surface area contributed by atoms with E-state index in [2.05, 4.69) is 4.98 Å². The third-order valence-electron chi connectivity index (χ3n) is 3.67. The Balaban J connectivity index is 1.88. The van der Waals surface area contributed by atoms with Gasteiger partial charge in [0.25, 0.3) is 0 Å². The van der Waals surface area contributed by atoms with Gasteiger partial charge >= 0.3 is 5.97 Å². The highest BCUT2D eigenvalue weighted by Crippen LogP contribution is 2.28. The molecule has 2 heterocycles. The second-order valence-electron chi connectivity index (χ2n) is 4.87. The van der Waals surface area contributed by atoms with E-state index in [1.807, 2.05) is 4.90 Å². The fourth-order valence-electron chi connectivity index (χ4n) is 2.69. The van der Waals surface area contributed by atoms with E-state index in [9.17, 15) is 9.59 Å². The van der Waals surface area contributed by atoms with Crippen molar-refractivity contribution in [3.8, 4) is 0 Å². The molecule has 0 atom stereocenters. The molecule has 0 aromatic carbocycles. The molecule has 0 spiro atoms. The standard InChI is InChI=1S/C14H14N2O3/c17-13(16-5-1-2-6-16)9-7-11-10(14(18)19)3-4-15-12(11)8-9/h3-4,8H,1-2,5-7H2,(H,18,19). The van der Waals surface area contributed by atoms with Crippen molar-refractivity contribution < 1.29 is 14.7 Å². The molecule has 0 bridgehead atoms. The SMILES string of the molecule is O=C(O)c1ccnc2c1CC(C(=O)N1CCCC1)=C2. The highest BCUT2D eigenvalue weighted by Gasteiger charge is 2.28. The normalized spacial score (nSPS) is 17.3. The van der Waals surface area contributed by atoms with Gasteiger partial charge in [0.2, 0.25) is 5.91 Å². The van der Waals surface area contributed by atoms with Gasteiger partial charge in [0.15, 0.2) is 0 Å². The van der Waals surface area contributed by atoms with Crippen molar-refractivity contribution >= 4 is 18.0 Å². The lowest BCUT2D eigenvalue weighted by Gasteiger charge is -2.15. The highest BCUT2D eigenvalue weighted by atomic mass is 16.4. The van der Waals surface area contributed by atoms with Crippen LogP contribution in [-0.4, -0.2) is 40.0 Å². The zero-order valence-corrected chi connectivity index (χ0v) is 10.4. The van der Waals surface area contributed by atoms with Crippen LogP contribution < -0.4 is 0 Å². The Labute approximate surface area is 110 Å². The van der Waals surface area contributed by atoms with Crippen LogP contribution in [0.2, 0.25) is 0 Å². The summed E-state index contributed by atoms with van der Waals surface area (Å²) in [5, 5.41) is 9.14. The van der Waals surface area contributed by atoms with Crippen LogP contribution in [0, 0.1) is 0 Å². The molecule has 5 heteroatoms. The van der Waals surface area contributed by atoms with Crippen molar-refractivity contribution in [2.45, 2.75) is 19.3 Å². The van der Waals surface area contributed by atoms with E-state index in [0.29, 0.717) is 23.3 Å². The Kier molecular flexibility index (Phi) is 2.81. The van der Waals surface area contributed by atoms with Crippen molar-refractivity contribution in [2.24, 2.45) is 0 Å². The predicted octanol–water partition coefficient (Wildman–Crippen LogP) is 1.34. The van der Waals surface area contributed by atoms with Gasteiger partial charge in [0.1, 0.15) is 0 Å². The number of carbonyl (C=O) groups is 2. The lowest BCUT2D eigenvalue weighted by molar-refractivity contribution is -0.126. The summed E-state index contributed by atoms with van der Waals surface area (Å²) in [6.45, 7) is 1.59. The number of hydrogen-bond donors (Lipinski definition) is 1. The molecule has 1 N–H and O–H groups in total. The summed E-state index contributed by atoms with van der Waals surface area (Å²) in [6.07, 6.45) is 5.67. The van der Waals surface area contributed by atoms with Crippen LogP contribution in [0.25, 0.3) is 6.08 Å². The van der Waals surface area contributed by atoms with Gasteiger partial charge in [-0.25, -0.2) is 4.79 Å². The molecule has 1 saturated heterocycles. The van der Waals surface area contributed by atoms with Gasteiger partial charge in [-0.05, 0) is 30.5 Å². The van der Waals surface area contributed by atoms with Crippen molar-refractivity contribution in [1.29, 1.82) is 0 Å². The maximum Gasteiger partial charge on any atom is 0.336 e. The van der Waals surface area contributed by atoms with Gasteiger partial charge in [-0.1, -0.05) is 0 Å². The number of pyridine rings is 1. The smallest absolute Gasteiger partial charge is 0.336 e. The largest absolute Gasteiger partial charge is 0.478 e. The van der Waals surface area contributed by atoms with E-state index in [1.165, 1.54) is 12.3 Å². The predicted molar refractivity (Wildman–Crippen MR) is 68.7 cm³/mol. The maximum absolute atomic E-state index is 12.3. The molecule has 19 heavy (non-hydrogen) atoms. The molecule has 1 aliphatic heterocycles. The molecule has 98 valence electrons. The molecule has 0 unspecified atom stereocenters. The number of rotatable bonds is 2. The number of aromatic nitrogens is 1. The van der Waals surface area contributed by atoms with Crippen molar-refractivity contribution in [2.75, 3.05) is 13.1 Å². The van der Waals surface area contributed by atoms with Gasteiger partial charge in [-0.3, -0.25) is 9.78 Å². The van der Waals surface area contributed by atoms with E-state index in [1.54, 1.807) is 6.08 Å². The number of carboxylic acid groups (broad SMARTS) is 1. The molecule has 0 saturated carbocycles.